The second-order valence-electron chi connectivity index (χ2n) is 7.57. The summed E-state index contributed by atoms with van der Waals surface area (Å²) < 4.78 is 74.0. The molecule has 10 nitrogen and oxygen atoms in total. The van der Waals surface area contributed by atoms with Crippen LogP contribution in [0, 0.1) is 6.92 Å². The van der Waals surface area contributed by atoms with Crippen LogP contribution >= 0.6 is 0 Å². The summed E-state index contributed by atoms with van der Waals surface area (Å²) in [5.74, 6) is -2.32. The summed E-state index contributed by atoms with van der Waals surface area (Å²) in [7, 11) is -9.92. The number of ether oxygens (including phenoxy) is 1. The van der Waals surface area contributed by atoms with Crippen LogP contribution in [-0.4, -0.2) is 37.0 Å². The Morgan fingerprint density at radius 3 is 2.12 bits per heavy atom. The van der Waals surface area contributed by atoms with E-state index < -0.39 is 53.2 Å². The van der Waals surface area contributed by atoms with Crippen LogP contribution in [0.3, 0.4) is 0 Å². The summed E-state index contributed by atoms with van der Waals surface area (Å²) >= 11 is 0. The average Bonchev–Trinajstić information content (AvgIpc) is 2.70. The monoisotopic (exact) mass is 503 g/mol. The second-order valence-corrected chi connectivity index (χ2v) is 10.3. The molecule has 0 radical (unpaired) electrons. The van der Waals surface area contributed by atoms with E-state index in [9.17, 15) is 35.8 Å². The number of carboxylic acids is 1. The van der Waals surface area contributed by atoms with E-state index in [0.29, 0.717) is 5.56 Å². The Balaban J connectivity index is 2.33. The number of carbonyl (C=O) groups is 1. The second kappa shape index (κ2) is 7.67. The van der Waals surface area contributed by atoms with Crippen molar-refractivity contribution in [2.45, 2.75) is 16.7 Å². The molecule has 0 saturated heterocycles. The smallest absolute Gasteiger partial charge is 0.336 e. The normalized spacial score (nSPS) is 13.1. The van der Waals surface area contributed by atoms with Crippen LogP contribution in [0.4, 0.5) is 5.69 Å². The number of nitrogen functional groups attached to an aromatic ring is 1. The third kappa shape index (κ3) is 3.72. The van der Waals surface area contributed by atoms with Crippen molar-refractivity contribution >= 4 is 44.0 Å². The predicted molar refractivity (Wildman–Crippen MR) is 122 cm³/mol. The van der Waals surface area contributed by atoms with Gasteiger partial charge in [0.25, 0.3) is 20.2 Å². The molecule has 0 atom stereocenters. The van der Waals surface area contributed by atoms with Gasteiger partial charge < -0.3 is 15.6 Å². The fourth-order valence-corrected chi connectivity index (χ4v) is 5.45. The molecule has 0 bridgehead atoms. The van der Waals surface area contributed by atoms with Crippen molar-refractivity contribution in [3.8, 4) is 11.5 Å². The molecule has 1 heterocycles. The van der Waals surface area contributed by atoms with Crippen LogP contribution in [0.2, 0.25) is 0 Å². The number of hydrogen-bond acceptors (Lipinski definition) is 7. The van der Waals surface area contributed by atoms with Crippen LogP contribution in [0.1, 0.15) is 27.0 Å². The molecule has 0 aliphatic carbocycles. The molecule has 0 saturated carbocycles. The largest absolute Gasteiger partial charge is 0.478 e. The van der Waals surface area contributed by atoms with Crippen LogP contribution in [-0.2, 0) is 20.2 Å². The first-order chi connectivity index (χ1) is 15.7. The quantitative estimate of drug-likeness (QED) is 0.235. The highest BCUT2D eigenvalue weighted by molar-refractivity contribution is 7.86. The lowest BCUT2D eigenvalue weighted by molar-refractivity contribution is 0.0696. The number of anilines is 1. The fraction of sp³-hybridized carbons (Fsp3) is 0.0455. The number of fused-ring (bicyclic) bond motifs is 2. The van der Waals surface area contributed by atoms with Gasteiger partial charge in [-0.05, 0) is 42.0 Å². The van der Waals surface area contributed by atoms with E-state index in [-0.39, 0.29) is 32.7 Å². The Bertz CT molecular complexity index is 1740. The molecular weight excluding hydrogens is 486 g/mol. The Morgan fingerprint density at radius 2 is 1.53 bits per heavy atom. The number of aromatic carboxylic acids is 1. The van der Waals surface area contributed by atoms with Crippen molar-refractivity contribution < 1.29 is 40.6 Å². The van der Waals surface area contributed by atoms with Crippen molar-refractivity contribution in [1.29, 1.82) is 0 Å². The van der Waals surface area contributed by atoms with Crippen LogP contribution in [0.5, 0.6) is 11.5 Å². The van der Waals surface area contributed by atoms with Crippen molar-refractivity contribution in [2.24, 2.45) is 0 Å². The summed E-state index contributed by atoms with van der Waals surface area (Å²) in [5, 5.41) is 9.71. The molecule has 4 rings (SSSR count). The maximum Gasteiger partial charge on any atom is 0.336 e. The summed E-state index contributed by atoms with van der Waals surface area (Å²) in [6.07, 6.45) is 0. The highest BCUT2D eigenvalue weighted by Gasteiger charge is 2.33. The fourth-order valence-electron chi connectivity index (χ4n) is 3.92. The van der Waals surface area contributed by atoms with Crippen molar-refractivity contribution in [1.82, 2.24) is 0 Å². The molecule has 34 heavy (non-hydrogen) atoms. The molecule has 1 aliphatic heterocycles. The standard InChI is InChI=1S/C22H17NO9S2/c1-10-3-5-12(15(9-10)22(24)25)17-13-6-4-11(2)20(33(26,27)28)18(13)32-19-14(17)7-8-16(23)21(19)34(29,30)31/h3-9H,2,23H2,1H3,(H,24,25)(H,26,27,28)(H,29,30,31). The van der Waals surface area contributed by atoms with Gasteiger partial charge in [0.2, 0.25) is 0 Å². The molecule has 3 aromatic carbocycles. The minimum Gasteiger partial charge on any atom is -0.478 e. The Morgan fingerprint density at radius 1 is 0.912 bits per heavy atom. The number of nitrogens with two attached hydrogens (primary N) is 1. The van der Waals surface area contributed by atoms with Crippen LogP contribution < -0.4 is 20.9 Å². The molecule has 0 spiro atoms. The molecule has 0 fully saturated rings. The molecule has 0 aromatic heterocycles. The van der Waals surface area contributed by atoms with E-state index in [1.165, 1.54) is 36.4 Å². The highest BCUT2D eigenvalue weighted by atomic mass is 32.2. The summed E-state index contributed by atoms with van der Waals surface area (Å²) in [5.41, 5.74) is 6.07. The Kier molecular flexibility index (Phi) is 5.29. The SMILES string of the molecule is C=c1ccc2c(c1S(=O)(=O)O)Oc1c(ccc(N)c1S(=O)(=O)O)C=2c1ccc(C)cc1C(=O)O. The first-order valence-corrected chi connectivity index (χ1v) is 12.4. The maximum atomic E-state index is 12.2. The lowest BCUT2D eigenvalue weighted by Gasteiger charge is -2.25. The minimum atomic E-state index is -4.98. The molecule has 0 amide bonds. The average molecular weight is 504 g/mol. The zero-order valence-corrected chi connectivity index (χ0v) is 19.1. The van der Waals surface area contributed by atoms with Gasteiger partial charge in [0, 0.05) is 16.4 Å². The first kappa shape index (κ1) is 23.4. The van der Waals surface area contributed by atoms with Gasteiger partial charge in [-0.25, -0.2) is 4.79 Å². The van der Waals surface area contributed by atoms with Gasteiger partial charge >= 0.3 is 5.97 Å². The van der Waals surface area contributed by atoms with E-state index in [1.54, 1.807) is 13.0 Å². The topological polar surface area (TPSA) is 181 Å². The van der Waals surface area contributed by atoms with E-state index in [4.69, 9.17) is 10.5 Å². The number of hydrogen-bond donors (Lipinski definition) is 4. The van der Waals surface area contributed by atoms with E-state index in [1.807, 2.05) is 0 Å². The number of benzene rings is 3. The number of aryl methyl sites for hydroxylation is 1. The zero-order valence-electron chi connectivity index (χ0n) is 17.4. The summed E-state index contributed by atoms with van der Waals surface area (Å²) in [6.45, 7) is 5.26. The Labute approximate surface area is 193 Å². The third-order valence-electron chi connectivity index (χ3n) is 5.27. The van der Waals surface area contributed by atoms with E-state index in [2.05, 4.69) is 6.58 Å². The lowest BCUT2D eigenvalue weighted by Crippen LogP contribution is -2.27. The van der Waals surface area contributed by atoms with E-state index in [0.717, 1.165) is 0 Å². The predicted octanol–water partition coefficient (Wildman–Crippen LogP) is 1.53. The molecule has 3 aromatic rings. The highest BCUT2D eigenvalue weighted by Crippen LogP contribution is 2.44. The molecule has 0 unspecified atom stereocenters. The van der Waals surface area contributed by atoms with Gasteiger partial charge in [0.1, 0.15) is 4.90 Å². The Hall–Kier alpha value is -3.71. The van der Waals surface area contributed by atoms with Crippen LogP contribution in [0.15, 0.2) is 52.3 Å². The first-order valence-electron chi connectivity index (χ1n) is 9.48. The van der Waals surface area contributed by atoms with E-state index >= 15 is 0 Å². The lowest BCUT2D eigenvalue weighted by atomic mass is 9.89. The number of rotatable bonds is 4. The maximum absolute atomic E-state index is 12.2. The molecule has 1 aliphatic rings. The van der Waals surface area contributed by atoms with Crippen LogP contribution in [0.25, 0.3) is 12.2 Å². The van der Waals surface area contributed by atoms with Gasteiger partial charge in [-0.2, -0.15) is 16.8 Å². The summed E-state index contributed by atoms with van der Waals surface area (Å²) in [4.78, 5) is 10.5. The molecule has 12 heteroatoms. The minimum absolute atomic E-state index is 0.0266. The molecular formula is C22H17NO9S2. The van der Waals surface area contributed by atoms with Gasteiger partial charge in [-0.3, -0.25) is 9.11 Å². The zero-order chi connectivity index (χ0) is 25.2. The van der Waals surface area contributed by atoms with Gasteiger partial charge in [0.05, 0.1) is 11.3 Å². The van der Waals surface area contributed by atoms with Crippen molar-refractivity contribution in [3.63, 3.8) is 0 Å². The molecule has 176 valence electrons. The van der Waals surface area contributed by atoms with Gasteiger partial charge in [-0.1, -0.05) is 30.3 Å². The molecule has 5 N–H and O–H groups in total. The third-order valence-corrected chi connectivity index (χ3v) is 7.17. The number of carboxylic acid groups (broad SMARTS) is 1. The van der Waals surface area contributed by atoms with Gasteiger partial charge in [0.15, 0.2) is 16.4 Å². The van der Waals surface area contributed by atoms with Crippen molar-refractivity contribution in [2.75, 3.05) is 5.73 Å². The van der Waals surface area contributed by atoms with Crippen molar-refractivity contribution in [3.05, 3.63) is 75.2 Å². The van der Waals surface area contributed by atoms with Gasteiger partial charge in [-0.15, -0.1) is 0 Å². The summed E-state index contributed by atoms with van der Waals surface area (Å²) in [6, 6.07) is 9.70.